The lowest BCUT2D eigenvalue weighted by Crippen LogP contribution is -2.28. The van der Waals surface area contributed by atoms with Crippen molar-refractivity contribution in [1.82, 2.24) is 0 Å². The fraction of sp³-hybridized carbons (Fsp3) is 0.500. The number of hydrogen-bond acceptors (Lipinski definition) is 4. The average Bonchev–Trinajstić information content (AvgIpc) is 2.36. The number of benzene rings is 1. The van der Waals surface area contributed by atoms with Gasteiger partial charge in [0.25, 0.3) is 0 Å². The largest absolute Gasteiger partial charge is 0.479 e. The highest BCUT2D eigenvalue weighted by Gasteiger charge is 2.19. The van der Waals surface area contributed by atoms with Crippen LogP contribution in [0.25, 0.3) is 0 Å². The molecule has 4 heteroatoms. The summed E-state index contributed by atoms with van der Waals surface area (Å²) in [7, 11) is 0. The molecule has 0 spiro atoms. The molecule has 1 aromatic rings. The third kappa shape index (κ3) is 4.04. The molecule has 0 heterocycles. The molecule has 1 aromatic carbocycles. The minimum absolute atomic E-state index is 0.340. The first-order valence-electron chi connectivity index (χ1n) is 6.19. The highest BCUT2D eigenvalue weighted by atomic mass is 16.6. The van der Waals surface area contributed by atoms with Gasteiger partial charge in [-0.3, -0.25) is 0 Å². The van der Waals surface area contributed by atoms with Crippen molar-refractivity contribution in [3.8, 4) is 5.75 Å². The summed E-state index contributed by atoms with van der Waals surface area (Å²) in [6, 6.07) is 7.08. The van der Waals surface area contributed by atoms with E-state index < -0.39 is 12.2 Å². The first-order valence-corrected chi connectivity index (χ1v) is 6.19. The van der Waals surface area contributed by atoms with Crippen molar-refractivity contribution in [1.29, 1.82) is 0 Å². The van der Waals surface area contributed by atoms with Crippen LogP contribution in [0, 0.1) is 0 Å². The highest BCUT2D eigenvalue weighted by Crippen LogP contribution is 2.20. The van der Waals surface area contributed by atoms with Gasteiger partial charge >= 0.3 is 5.97 Å². The number of aliphatic hydroxyl groups excluding tert-OH is 1. The molecule has 0 fully saturated rings. The number of ether oxygens (including phenoxy) is 2. The molecule has 1 N–H and O–H groups in total. The standard InChI is InChI=1S/C14H20O4/c1-4-13(14(16)17-5-2)18-12-8-6-7-11(9-12)10(3)15/h6-10,13,15H,4-5H2,1-3H3. The molecular weight excluding hydrogens is 232 g/mol. The van der Waals surface area contributed by atoms with E-state index in [-0.39, 0.29) is 5.97 Å². The normalized spacial score (nSPS) is 13.8. The predicted octanol–water partition coefficient (Wildman–Crippen LogP) is 2.46. The lowest BCUT2D eigenvalue weighted by molar-refractivity contribution is -0.151. The van der Waals surface area contributed by atoms with Gasteiger partial charge in [0.05, 0.1) is 12.7 Å². The van der Waals surface area contributed by atoms with E-state index in [9.17, 15) is 9.90 Å². The van der Waals surface area contributed by atoms with Crippen molar-refractivity contribution in [2.45, 2.75) is 39.4 Å². The molecular formula is C14H20O4. The highest BCUT2D eigenvalue weighted by molar-refractivity contribution is 5.75. The minimum Gasteiger partial charge on any atom is -0.479 e. The van der Waals surface area contributed by atoms with Crippen LogP contribution in [0.1, 0.15) is 38.9 Å². The third-order valence-electron chi connectivity index (χ3n) is 2.54. The number of aliphatic hydroxyl groups is 1. The van der Waals surface area contributed by atoms with Gasteiger partial charge in [-0.1, -0.05) is 19.1 Å². The van der Waals surface area contributed by atoms with Crippen LogP contribution in [-0.4, -0.2) is 23.8 Å². The van der Waals surface area contributed by atoms with Gasteiger partial charge in [-0.25, -0.2) is 4.79 Å². The molecule has 0 amide bonds. The molecule has 0 aliphatic heterocycles. The Morgan fingerprint density at radius 1 is 1.39 bits per heavy atom. The number of carbonyl (C=O) groups is 1. The van der Waals surface area contributed by atoms with Crippen molar-refractivity contribution in [2.75, 3.05) is 6.61 Å². The quantitative estimate of drug-likeness (QED) is 0.790. The van der Waals surface area contributed by atoms with Crippen molar-refractivity contribution >= 4 is 5.97 Å². The summed E-state index contributed by atoms with van der Waals surface area (Å²) in [5, 5.41) is 9.49. The summed E-state index contributed by atoms with van der Waals surface area (Å²) in [6.45, 7) is 5.65. The number of esters is 1. The van der Waals surface area contributed by atoms with Gasteiger partial charge in [0.15, 0.2) is 6.10 Å². The van der Waals surface area contributed by atoms with Crippen molar-refractivity contribution < 1.29 is 19.4 Å². The smallest absolute Gasteiger partial charge is 0.347 e. The molecule has 0 bridgehead atoms. The molecule has 0 saturated heterocycles. The molecule has 0 aliphatic rings. The van der Waals surface area contributed by atoms with E-state index in [1.807, 2.05) is 13.0 Å². The van der Waals surface area contributed by atoms with E-state index in [1.165, 1.54) is 0 Å². The lowest BCUT2D eigenvalue weighted by Gasteiger charge is -2.16. The van der Waals surface area contributed by atoms with Gasteiger partial charge in [-0.05, 0) is 38.0 Å². The number of carbonyl (C=O) groups excluding carboxylic acids is 1. The van der Waals surface area contributed by atoms with Crippen molar-refractivity contribution in [2.24, 2.45) is 0 Å². The zero-order valence-electron chi connectivity index (χ0n) is 11.1. The molecule has 0 radical (unpaired) electrons. The predicted molar refractivity (Wildman–Crippen MR) is 68.4 cm³/mol. The van der Waals surface area contributed by atoms with Crippen LogP contribution in [-0.2, 0) is 9.53 Å². The summed E-state index contributed by atoms with van der Waals surface area (Å²) >= 11 is 0. The Balaban J connectivity index is 2.75. The number of rotatable bonds is 6. The van der Waals surface area contributed by atoms with Crippen molar-refractivity contribution in [3.05, 3.63) is 29.8 Å². The monoisotopic (exact) mass is 252 g/mol. The average molecular weight is 252 g/mol. The summed E-state index contributed by atoms with van der Waals surface area (Å²) in [5.74, 6) is 0.204. The first-order chi connectivity index (χ1) is 8.58. The van der Waals surface area contributed by atoms with E-state index in [1.54, 1.807) is 32.0 Å². The van der Waals surface area contributed by atoms with Crippen LogP contribution in [0.2, 0.25) is 0 Å². The number of hydrogen-bond donors (Lipinski definition) is 1. The molecule has 4 nitrogen and oxygen atoms in total. The lowest BCUT2D eigenvalue weighted by atomic mass is 10.1. The molecule has 2 atom stereocenters. The zero-order valence-corrected chi connectivity index (χ0v) is 11.1. The maximum Gasteiger partial charge on any atom is 0.347 e. The van der Waals surface area contributed by atoms with Crippen molar-refractivity contribution in [3.63, 3.8) is 0 Å². The van der Waals surface area contributed by atoms with E-state index in [2.05, 4.69) is 0 Å². The van der Waals surface area contributed by atoms with Gasteiger partial charge in [0, 0.05) is 0 Å². The Bertz CT molecular complexity index is 387. The Labute approximate surface area is 108 Å². The maximum atomic E-state index is 11.6. The third-order valence-corrected chi connectivity index (χ3v) is 2.54. The molecule has 100 valence electrons. The summed E-state index contributed by atoms with van der Waals surface area (Å²) in [5.41, 5.74) is 0.756. The van der Waals surface area contributed by atoms with E-state index in [0.29, 0.717) is 18.8 Å². The Morgan fingerprint density at radius 3 is 2.67 bits per heavy atom. The van der Waals surface area contributed by atoms with Gasteiger partial charge in [0.2, 0.25) is 0 Å². The molecule has 0 aliphatic carbocycles. The summed E-state index contributed by atoms with van der Waals surface area (Å²) < 4.78 is 10.5. The van der Waals surface area contributed by atoms with E-state index in [4.69, 9.17) is 9.47 Å². The topological polar surface area (TPSA) is 55.8 Å². The fourth-order valence-electron chi connectivity index (χ4n) is 1.55. The van der Waals surface area contributed by atoms with Crippen LogP contribution in [0.4, 0.5) is 0 Å². The second-order valence-corrected chi connectivity index (χ2v) is 4.02. The Morgan fingerprint density at radius 2 is 2.11 bits per heavy atom. The summed E-state index contributed by atoms with van der Waals surface area (Å²) in [4.78, 5) is 11.6. The van der Waals surface area contributed by atoms with Crippen LogP contribution in [0.3, 0.4) is 0 Å². The van der Waals surface area contributed by atoms with Crippen LogP contribution >= 0.6 is 0 Å². The maximum absolute atomic E-state index is 11.6. The van der Waals surface area contributed by atoms with Gasteiger partial charge < -0.3 is 14.6 Å². The van der Waals surface area contributed by atoms with Gasteiger partial charge in [0.1, 0.15) is 5.75 Å². The van der Waals surface area contributed by atoms with Crippen LogP contribution in [0.15, 0.2) is 24.3 Å². The molecule has 18 heavy (non-hydrogen) atoms. The molecule has 1 rings (SSSR count). The Hall–Kier alpha value is -1.55. The van der Waals surface area contributed by atoms with Gasteiger partial charge in [-0.2, -0.15) is 0 Å². The van der Waals surface area contributed by atoms with Crippen LogP contribution in [0.5, 0.6) is 5.75 Å². The van der Waals surface area contributed by atoms with E-state index in [0.717, 1.165) is 5.56 Å². The molecule has 0 aromatic heterocycles. The SMILES string of the molecule is CCOC(=O)C(CC)Oc1cccc(C(C)O)c1. The first kappa shape index (κ1) is 14.5. The zero-order chi connectivity index (χ0) is 13.5. The van der Waals surface area contributed by atoms with E-state index >= 15 is 0 Å². The second kappa shape index (κ2) is 7.01. The second-order valence-electron chi connectivity index (χ2n) is 4.02. The summed E-state index contributed by atoms with van der Waals surface area (Å²) in [6.07, 6.45) is -0.622. The van der Waals surface area contributed by atoms with Crippen LogP contribution < -0.4 is 4.74 Å². The molecule has 0 saturated carbocycles. The minimum atomic E-state index is -0.603. The fourth-order valence-corrected chi connectivity index (χ4v) is 1.55. The molecule has 2 unspecified atom stereocenters. The Kier molecular flexibility index (Phi) is 5.65. The van der Waals surface area contributed by atoms with Gasteiger partial charge in [-0.15, -0.1) is 0 Å².